The number of hydrogen-bond donors (Lipinski definition) is 3. The second kappa shape index (κ2) is 4.44. The van der Waals surface area contributed by atoms with Gasteiger partial charge in [0.1, 0.15) is 6.04 Å². The van der Waals surface area contributed by atoms with E-state index in [1.54, 1.807) is 6.92 Å². The number of carbonyl (C=O) groups is 2. The van der Waals surface area contributed by atoms with Crippen LogP contribution in [0, 0.1) is 11.8 Å². The number of carboxylic acids is 2. The molecule has 0 bridgehead atoms. The van der Waals surface area contributed by atoms with Crippen LogP contribution in [0.1, 0.15) is 13.3 Å². The molecule has 1 heterocycles. The zero-order chi connectivity index (χ0) is 11.6. The zero-order valence-corrected chi connectivity index (χ0v) is 8.56. The lowest BCUT2D eigenvalue weighted by molar-refractivity contribution is -0.142. The fourth-order valence-corrected chi connectivity index (χ4v) is 2.06. The van der Waals surface area contributed by atoms with Crippen LogP contribution >= 0.6 is 0 Å². The first-order valence-corrected chi connectivity index (χ1v) is 4.77. The molecule has 1 aliphatic heterocycles. The molecule has 1 aliphatic rings. The summed E-state index contributed by atoms with van der Waals surface area (Å²) in [6.45, 7) is 6.05. The molecule has 1 saturated heterocycles. The third-order valence-corrected chi connectivity index (χ3v) is 2.81. The topological polar surface area (TPSA) is 86.6 Å². The summed E-state index contributed by atoms with van der Waals surface area (Å²) in [5.41, 5.74) is 0.831. The molecule has 0 unspecified atom stereocenters. The maximum absolute atomic E-state index is 10.9. The highest BCUT2D eigenvalue weighted by molar-refractivity contribution is 5.76. The number of hydrogen-bond acceptors (Lipinski definition) is 3. The summed E-state index contributed by atoms with van der Waals surface area (Å²) >= 11 is 0. The van der Waals surface area contributed by atoms with Crippen molar-refractivity contribution in [2.75, 3.05) is 6.54 Å². The largest absolute Gasteiger partial charge is 0.481 e. The lowest BCUT2D eigenvalue weighted by Crippen LogP contribution is -2.36. The molecule has 1 fully saturated rings. The molecule has 0 aromatic heterocycles. The Hall–Kier alpha value is -1.36. The Morgan fingerprint density at radius 2 is 2.07 bits per heavy atom. The Labute approximate surface area is 87.8 Å². The SMILES string of the molecule is C=C(C)[C@@H]1CN[C@@H](C(=O)O)[C@@H]1CC(=O)O. The second-order valence-electron chi connectivity index (χ2n) is 3.94. The Morgan fingerprint density at radius 3 is 2.47 bits per heavy atom. The Bertz CT molecular complexity index is 278. The van der Waals surface area contributed by atoms with Crippen LogP contribution in [0.4, 0.5) is 0 Å². The molecule has 0 radical (unpaired) electrons. The van der Waals surface area contributed by atoms with Crippen LogP contribution in [0.5, 0.6) is 0 Å². The summed E-state index contributed by atoms with van der Waals surface area (Å²) in [6, 6.07) is -0.775. The molecule has 15 heavy (non-hydrogen) atoms. The summed E-state index contributed by atoms with van der Waals surface area (Å²) < 4.78 is 0. The van der Waals surface area contributed by atoms with E-state index >= 15 is 0 Å². The van der Waals surface area contributed by atoms with Gasteiger partial charge in [0.25, 0.3) is 0 Å². The van der Waals surface area contributed by atoms with E-state index in [-0.39, 0.29) is 12.3 Å². The van der Waals surface area contributed by atoms with Gasteiger partial charge in [0.2, 0.25) is 0 Å². The van der Waals surface area contributed by atoms with Gasteiger partial charge in [-0.3, -0.25) is 9.59 Å². The van der Waals surface area contributed by atoms with Crippen LogP contribution in [0.2, 0.25) is 0 Å². The van der Waals surface area contributed by atoms with Gasteiger partial charge >= 0.3 is 11.9 Å². The Balaban J connectivity index is 2.82. The molecule has 0 saturated carbocycles. The highest BCUT2D eigenvalue weighted by atomic mass is 16.4. The second-order valence-corrected chi connectivity index (χ2v) is 3.94. The van der Waals surface area contributed by atoms with Crippen molar-refractivity contribution in [3.8, 4) is 0 Å². The lowest BCUT2D eigenvalue weighted by Gasteiger charge is -2.19. The van der Waals surface area contributed by atoms with E-state index in [4.69, 9.17) is 10.2 Å². The first-order chi connectivity index (χ1) is 6.93. The van der Waals surface area contributed by atoms with Crippen molar-refractivity contribution in [1.82, 2.24) is 5.32 Å². The number of rotatable bonds is 4. The molecule has 3 N–H and O–H groups in total. The monoisotopic (exact) mass is 213 g/mol. The molecular formula is C10H15NO4. The Morgan fingerprint density at radius 1 is 1.47 bits per heavy atom. The number of nitrogens with one attached hydrogen (secondary N) is 1. The van der Waals surface area contributed by atoms with E-state index in [0.29, 0.717) is 6.54 Å². The number of aliphatic carboxylic acids is 2. The molecule has 1 rings (SSSR count). The van der Waals surface area contributed by atoms with E-state index in [0.717, 1.165) is 5.57 Å². The van der Waals surface area contributed by atoms with Crippen LogP contribution in [0.3, 0.4) is 0 Å². The third-order valence-electron chi connectivity index (χ3n) is 2.81. The summed E-state index contributed by atoms with van der Waals surface area (Å²) in [5, 5.41) is 20.5. The van der Waals surface area contributed by atoms with Crippen molar-refractivity contribution in [2.24, 2.45) is 11.8 Å². The minimum Gasteiger partial charge on any atom is -0.481 e. The van der Waals surface area contributed by atoms with Crippen molar-refractivity contribution in [3.05, 3.63) is 12.2 Å². The summed E-state index contributed by atoms with van der Waals surface area (Å²) in [6.07, 6.45) is -0.137. The van der Waals surface area contributed by atoms with E-state index in [1.807, 2.05) is 0 Å². The van der Waals surface area contributed by atoms with Gasteiger partial charge in [0, 0.05) is 12.5 Å². The van der Waals surface area contributed by atoms with Crippen LogP contribution in [-0.4, -0.2) is 34.7 Å². The van der Waals surface area contributed by atoms with Crippen LogP contribution < -0.4 is 5.32 Å². The third kappa shape index (κ3) is 2.56. The molecule has 84 valence electrons. The van der Waals surface area contributed by atoms with E-state index in [9.17, 15) is 9.59 Å². The highest BCUT2D eigenvalue weighted by Gasteiger charge is 2.41. The lowest BCUT2D eigenvalue weighted by atomic mass is 9.84. The van der Waals surface area contributed by atoms with Gasteiger partial charge in [-0.2, -0.15) is 0 Å². The van der Waals surface area contributed by atoms with E-state index < -0.39 is 23.9 Å². The van der Waals surface area contributed by atoms with E-state index in [1.165, 1.54) is 0 Å². The maximum atomic E-state index is 10.9. The zero-order valence-electron chi connectivity index (χ0n) is 8.56. The molecule has 5 nitrogen and oxygen atoms in total. The molecule has 3 atom stereocenters. The van der Waals surface area contributed by atoms with Crippen LogP contribution in [-0.2, 0) is 9.59 Å². The van der Waals surface area contributed by atoms with Crippen molar-refractivity contribution in [3.63, 3.8) is 0 Å². The fraction of sp³-hybridized carbons (Fsp3) is 0.600. The van der Waals surface area contributed by atoms with E-state index in [2.05, 4.69) is 11.9 Å². The smallest absolute Gasteiger partial charge is 0.321 e. The number of carboxylic acid groups (broad SMARTS) is 2. The molecule has 0 aromatic rings. The summed E-state index contributed by atoms with van der Waals surface area (Å²) in [4.78, 5) is 21.5. The van der Waals surface area contributed by atoms with Gasteiger partial charge in [0.05, 0.1) is 6.42 Å². The van der Waals surface area contributed by atoms with Crippen molar-refractivity contribution in [1.29, 1.82) is 0 Å². The predicted octanol–water partition coefficient (Wildman–Crippen LogP) is 0.326. The van der Waals surface area contributed by atoms with Gasteiger partial charge < -0.3 is 15.5 Å². The standard InChI is InChI=1S/C10H15NO4/c1-5(2)7-4-11-9(10(14)15)6(7)3-8(12)13/h6-7,9,11H,1,3-4H2,2H3,(H,12,13)(H,14,15)/t6-,7+,9-/m1/s1. The van der Waals surface area contributed by atoms with Crippen molar-refractivity contribution >= 4 is 11.9 Å². The normalized spacial score (nSPS) is 30.1. The summed E-state index contributed by atoms with van der Waals surface area (Å²) in [5.74, 6) is -2.44. The maximum Gasteiger partial charge on any atom is 0.321 e. The molecule has 0 spiro atoms. The first-order valence-electron chi connectivity index (χ1n) is 4.77. The van der Waals surface area contributed by atoms with Gasteiger partial charge in [0.15, 0.2) is 0 Å². The average Bonchev–Trinajstić information content (AvgIpc) is 2.46. The first kappa shape index (κ1) is 11.7. The molecule has 0 amide bonds. The van der Waals surface area contributed by atoms with Crippen molar-refractivity contribution in [2.45, 2.75) is 19.4 Å². The van der Waals surface area contributed by atoms with Gasteiger partial charge in [-0.05, 0) is 12.8 Å². The minimum absolute atomic E-state index is 0.0674. The van der Waals surface area contributed by atoms with Crippen LogP contribution in [0.15, 0.2) is 12.2 Å². The molecular weight excluding hydrogens is 198 g/mol. The van der Waals surface area contributed by atoms with Gasteiger partial charge in [-0.25, -0.2) is 0 Å². The molecule has 0 aliphatic carbocycles. The quantitative estimate of drug-likeness (QED) is 0.586. The average molecular weight is 213 g/mol. The van der Waals surface area contributed by atoms with Gasteiger partial charge in [-0.15, -0.1) is 0 Å². The fourth-order valence-electron chi connectivity index (χ4n) is 2.06. The van der Waals surface area contributed by atoms with Crippen molar-refractivity contribution < 1.29 is 19.8 Å². The Kier molecular flexibility index (Phi) is 3.47. The highest BCUT2D eigenvalue weighted by Crippen LogP contribution is 2.30. The van der Waals surface area contributed by atoms with Gasteiger partial charge in [-0.1, -0.05) is 12.2 Å². The predicted molar refractivity (Wildman–Crippen MR) is 53.5 cm³/mol. The summed E-state index contributed by atoms with van der Waals surface area (Å²) in [7, 11) is 0. The minimum atomic E-state index is -0.995. The van der Waals surface area contributed by atoms with Crippen LogP contribution in [0.25, 0.3) is 0 Å². The molecule has 5 heteroatoms. The molecule has 0 aromatic carbocycles.